The van der Waals surface area contributed by atoms with Crippen molar-refractivity contribution in [2.24, 2.45) is 0 Å². The maximum atomic E-state index is 12.5. The number of pyridine rings is 1. The van der Waals surface area contributed by atoms with Crippen LogP contribution in [0.1, 0.15) is 26.0 Å². The first-order valence-electron chi connectivity index (χ1n) is 7.09. The number of nitrogens with zero attached hydrogens (tertiary/aromatic N) is 3. The van der Waals surface area contributed by atoms with Crippen molar-refractivity contribution in [3.63, 3.8) is 0 Å². The highest BCUT2D eigenvalue weighted by atomic mass is 16.5. The van der Waals surface area contributed by atoms with Crippen molar-refractivity contribution >= 4 is 5.91 Å². The number of carbonyl (C=O) groups excluding carboxylic acids is 1. The Balaban J connectivity index is 1.97. The van der Waals surface area contributed by atoms with E-state index in [4.69, 9.17) is 11.3 Å². The van der Waals surface area contributed by atoms with Gasteiger partial charge in [-0.1, -0.05) is 0 Å². The molecule has 0 bridgehead atoms. The van der Waals surface area contributed by atoms with Crippen LogP contribution in [0.4, 0.5) is 0 Å². The highest BCUT2D eigenvalue weighted by Crippen LogP contribution is 2.36. The number of likely N-dealkylation sites (tertiary alicyclic amines) is 1. The lowest BCUT2D eigenvalue weighted by molar-refractivity contribution is -0.135. The molecule has 1 N–H and O–H groups in total. The number of amides is 1. The van der Waals surface area contributed by atoms with Crippen LogP contribution in [0.15, 0.2) is 18.3 Å². The first-order chi connectivity index (χ1) is 10.1. The molecule has 1 amide bonds. The Morgan fingerprint density at radius 1 is 1.62 bits per heavy atom. The lowest BCUT2D eigenvalue weighted by Gasteiger charge is -2.27. The highest BCUT2D eigenvalue weighted by molar-refractivity contribution is 5.87. The minimum Gasteiger partial charge on any atom is -0.474 e. The van der Waals surface area contributed by atoms with E-state index >= 15 is 0 Å². The zero-order chi connectivity index (χ0) is 15.0. The highest BCUT2D eigenvalue weighted by Gasteiger charge is 2.56. The molecule has 0 radical (unpaired) electrons. The van der Waals surface area contributed by atoms with Crippen molar-refractivity contribution in [2.45, 2.75) is 44.6 Å². The third-order valence-corrected chi connectivity index (χ3v) is 4.13. The van der Waals surface area contributed by atoms with Crippen LogP contribution in [-0.2, 0) is 11.3 Å². The second-order valence-electron chi connectivity index (χ2n) is 5.81. The van der Waals surface area contributed by atoms with E-state index in [9.17, 15) is 4.79 Å². The normalized spacial score (nSPS) is 28.7. The van der Waals surface area contributed by atoms with E-state index in [-0.39, 0.29) is 18.1 Å². The zero-order valence-electron chi connectivity index (χ0n) is 12.2. The Morgan fingerprint density at radius 2 is 2.43 bits per heavy atom. The molecule has 2 aliphatic heterocycles. The molecule has 0 saturated carbocycles. The predicted molar refractivity (Wildman–Crippen MR) is 76.3 cm³/mol. The van der Waals surface area contributed by atoms with Gasteiger partial charge in [-0.05, 0) is 26.0 Å². The molecule has 1 fully saturated rings. The van der Waals surface area contributed by atoms with E-state index in [2.05, 4.69) is 15.1 Å². The van der Waals surface area contributed by atoms with Crippen LogP contribution in [0.2, 0.25) is 0 Å². The second kappa shape index (κ2) is 5.01. The summed E-state index contributed by atoms with van der Waals surface area (Å²) in [5, 5.41) is 2.88. The average molecular weight is 286 g/mol. The number of carbonyl (C=O) groups is 1. The Bertz CT molecular complexity index is 610. The standard InChI is InChI=1S/C15H18N4O2/c1-10(2)19-9-15(7-13(19)16-3)14(20)18-8-11-12(21-15)5-4-6-17-11/h4-6,10,13H,7-9H2,1-2H3,(H,18,20). The van der Waals surface area contributed by atoms with Gasteiger partial charge in [0.05, 0.1) is 19.5 Å². The quantitative estimate of drug-likeness (QED) is 0.788. The summed E-state index contributed by atoms with van der Waals surface area (Å²) in [7, 11) is 0. The molecule has 3 heterocycles. The van der Waals surface area contributed by atoms with Crippen LogP contribution in [0.3, 0.4) is 0 Å². The van der Waals surface area contributed by atoms with Gasteiger partial charge in [0, 0.05) is 12.2 Å². The van der Waals surface area contributed by atoms with Crippen LogP contribution in [0, 0.1) is 6.57 Å². The van der Waals surface area contributed by atoms with Gasteiger partial charge in [-0.3, -0.25) is 14.6 Å². The van der Waals surface area contributed by atoms with Gasteiger partial charge in [0.25, 0.3) is 12.1 Å². The van der Waals surface area contributed by atoms with E-state index in [1.165, 1.54) is 0 Å². The van der Waals surface area contributed by atoms with Crippen LogP contribution >= 0.6 is 0 Å². The molecule has 3 rings (SSSR count). The molecule has 2 aliphatic rings. The van der Waals surface area contributed by atoms with Crippen molar-refractivity contribution in [3.05, 3.63) is 35.4 Å². The molecule has 1 saturated heterocycles. The van der Waals surface area contributed by atoms with Crippen molar-refractivity contribution in [3.8, 4) is 5.75 Å². The topological polar surface area (TPSA) is 58.8 Å². The van der Waals surface area contributed by atoms with E-state index < -0.39 is 5.60 Å². The molecule has 2 atom stereocenters. The second-order valence-corrected chi connectivity index (χ2v) is 5.81. The Labute approximate surface area is 123 Å². The van der Waals surface area contributed by atoms with Gasteiger partial charge in [0.15, 0.2) is 0 Å². The monoisotopic (exact) mass is 286 g/mol. The van der Waals surface area contributed by atoms with Gasteiger partial charge in [0.2, 0.25) is 5.60 Å². The van der Waals surface area contributed by atoms with Gasteiger partial charge < -0.3 is 10.1 Å². The van der Waals surface area contributed by atoms with Crippen molar-refractivity contribution < 1.29 is 9.53 Å². The molecule has 0 aliphatic carbocycles. The van der Waals surface area contributed by atoms with Gasteiger partial charge >= 0.3 is 0 Å². The smallest absolute Gasteiger partial charge is 0.284 e. The Kier molecular flexibility index (Phi) is 3.30. The maximum Gasteiger partial charge on any atom is 0.284 e. The molecule has 6 heteroatoms. The molecular weight excluding hydrogens is 268 g/mol. The number of hydrogen-bond donors (Lipinski definition) is 1. The number of ether oxygens (including phenoxy) is 1. The fourth-order valence-electron chi connectivity index (χ4n) is 2.99. The fourth-order valence-corrected chi connectivity index (χ4v) is 2.99. The maximum absolute atomic E-state index is 12.5. The summed E-state index contributed by atoms with van der Waals surface area (Å²) in [5.41, 5.74) is -0.265. The number of rotatable bonds is 1. The van der Waals surface area contributed by atoms with E-state index in [1.54, 1.807) is 12.3 Å². The Morgan fingerprint density at radius 3 is 3.10 bits per heavy atom. The molecule has 2 unspecified atom stereocenters. The van der Waals surface area contributed by atoms with Gasteiger partial charge in [-0.25, -0.2) is 11.5 Å². The fraction of sp³-hybridized carbons (Fsp3) is 0.533. The molecule has 21 heavy (non-hydrogen) atoms. The predicted octanol–water partition coefficient (Wildman–Crippen LogP) is 1.19. The lowest BCUT2D eigenvalue weighted by Crippen LogP contribution is -2.52. The SMILES string of the molecule is [C-]#[N+]C1CC2(CN1C(C)C)Oc1cccnc1CNC2=O. The molecule has 1 aromatic heterocycles. The summed E-state index contributed by atoms with van der Waals surface area (Å²) < 4.78 is 6.07. The molecule has 1 aromatic rings. The molecule has 110 valence electrons. The lowest BCUT2D eigenvalue weighted by atomic mass is 10.0. The van der Waals surface area contributed by atoms with E-state index in [0.29, 0.717) is 25.3 Å². The van der Waals surface area contributed by atoms with Crippen molar-refractivity contribution in [2.75, 3.05) is 6.54 Å². The summed E-state index contributed by atoms with van der Waals surface area (Å²) in [5.74, 6) is 0.475. The van der Waals surface area contributed by atoms with E-state index in [0.717, 1.165) is 5.69 Å². The zero-order valence-corrected chi connectivity index (χ0v) is 12.2. The first kappa shape index (κ1) is 13.8. The third kappa shape index (κ3) is 2.24. The summed E-state index contributed by atoms with van der Waals surface area (Å²) in [4.78, 5) is 22.5. The minimum absolute atomic E-state index is 0.155. The summed E-state index contributed by atoms with van der Waals surface area (Å²) in [6.07, 6.45) is 1.74. The summed E-state index contributed by atoms with van der Waals surface area (Å²) >= 11 is 0. The molecule has 1 spiro atoms. The van der Waals surface area contributed by atoms with Crippen LogP contribution < -0.4 is 10.1 Å². The number of aromatic nitrogens is 1. The van der Waals surface area contributed by atoms with Crippen LogP contribution in [0.25, 0.3) is 4.85 Å². The summed E-state index contributed by atoms with van der Waals surface area (Å²) in [6.45, 7) is 12.2. The molecule has 0 aromatic carbocycles. The molecule has 6 nitrogen and oxygen atoms in total. The minimum atomic E-state index is -0.992. The average Bonchev–Trinajstić information content (AvgIpc) is 2.79. The first-order valence-corrected chi connectivity index (χ1v) is 7.09. The largest absolute Gasteiger partial charge is 0.474 e. The number of nitrogens with one attached hydrogen (secondary N) is 1. The number of fused-ring (bicyclic) bond motifs is 1. The third-order valence-electron chi connectivity index (χ3n) is 4.13. The summed E-state index contributed by atoms with van der Waals surface area (Å²) in [6, 6.07) is 3.82. The van der Waals surface area contributed by atoms with Crippen LogP contribution in [-0.4, -0.2) is 40.1 Å². The Hall–Kier alpha value is -2.13. The van der Waals surface area contributed by atoms with Gasteiger partial charge in [-0.2, -0.15) is 0 Å². The van der Waals surface area contributed by atoms with Gasteiger partial charge in [-0.15, -0.1) is 0 Å². The van der Waals surface area contributed by atoms with Gasteiger partial charge in [0.1, 0.15) is 11.4 Å². The van der Waals surface area contributed by atoms with E-state index in [1.807, 2.05) is 24.8 Å². The van der Waals surface area contributed by atoms with Crippen molar-refractivity contribution in [1.82, 2.24) is 15.2 Å². The number of hydrogen-bond acceptors (Lipinski definition) is 4. The molecular formula is C15H18N4O2. The van der Waals surface area contributed by atoms with Crippen LogP contribution in [0.5, 0.6) is 5.75 Å². The van der Waals surface area contributed by atoms with Crippen molar-refractivity contribution in [1.29, 1.82) is 0 Å².